The third-order valence-corrected chi connectivity index (χ3v) is 15.0. The molecule has 4 unspecified atom stereocenters. The van der Waals surface area contributed by atoms with Gasteiger partial charge in [-0.3, -0.25) is 29.4 Å². The molecule has 0 radical (unpaired) electrons. The van der Waals surface area contributed by atoms with Gasteiger partial charge in [0.05, 0.1) is 30.7 Å². The molecule has 0 spiro atoms. The Hall–Kier alpha value is -2.14. The monoisotopic (exact) mass is 751 g/mol. The average Bonchev–Trinajstić information content (AvgIpc) is 3.43. The molecule has 54 heavy (non-hydrogen) atoms. The second-order valence-corrected chi connectivity index (χ2v) is 18.3. The first-order valence-electron chi connectivity index (χ1n) is 22.5. The van der Waals surface area contributed by atoms with Crippen LogP contribution in [0.3, 0.4) is 0 Å². The van der Waals surface area contributed by atoms with E-state index < -0.39 is 11.9 Å². The van der Waals surface area contributed by atoms with Crippen molar-refractivity contribution in [1.82, 2.24) is 20.4 Å². The topological polar surface area (TPSA) is 128 Å². The van der Waals surface area contributed by atoms with Gasteiger partial charge in [0.1, 0.15) is 6.04 Å². The lowest BCUT2D eigenvalue weighted by molar-refractivity contribution is -0.151. The van der Waals surface area contributed by atoms with Crippen molar-refractivity contribution in [3.8, 4) is 0 Å². The first-order valence-corrected chi connectivity index (χ1v) is 22.5. The molecule has 3 N–H and O–H groups in total. The lowest BCUT2D eigenvalue weighted by atomic mass is 9.68. The molecule has 4 amide bonds. The fourth-order valence-electron chi connectivity index (χ4n) is 11.9. The van der Waals surface area contributed by atoms with Crippen molar-refractivity contribution in [1.29, 1.82) is 0 Å². The van der Waals surface area contributed by atoms with E-state index in [-0.39, 0.29) is 54.5 Å². The number of allylic oxidation sites excluding steroid dienone is 2. The maximum atomic E-state index is 13.3. The summed E-state index contributed by atoms with van der Waals surface area (Å²) in [7, 11) is 0. The van der Waals surface area contributed by atoms with Crippen LogP contribution in [0.25, 0.3) is 0 Å². The fraction of sp³-hybridized carbons (Fsp3) is 0.864. The molecule has 4 aliphatic carbocycles. The molecule has 3 aliphatic heterocycles. The summed E-state index contributed by atoms with van der Waals surface area (Å²) >= 11 is 0. The third kappa shape index (κ3) is 9.51. The van der Waals surface area contributed by atoms with E-state index in [4.69, 9.17) is 4.74 Å². The molecular weight excluding hydrogens is 681 g/mol. The Kier molecular flexibility index (Phi) is 14.0. The molecule has 10 nitrogen and oxygen atoms in total. The number of aliphatic hydroxyl groups excluding tert-OH is 1. The number of imide groups is 2. The standard InChI is InChI=1S/C44H70N4O6/c1-2-36(30-6-4-3-5-7-30)41(31-8-13-34(49)14-9-31)32-10-15-35(16-11-32)54-27-26-47-24-21-29(22-25-47)20-23-45-33-12-17-37-38(28-33)44(53)48(43(37)52)39-18-19-40(50)46-42(39)51/h29-35,37-39,45,49H,2-28H2,1H3,(H,46,50,51)/b41-36-. The van der Waals surface area contributed by atoms with Gasteiger partial charge in [-0.15, -0.1) is 0 Å². The number of ether oxygens (including phenoxy) is 1. The van der Waals surface area contributed by atoms with Crippen LogP contribution in [-0.2, 0) is 23.9 Å². The Morgan fingerprint density at radius 2 is 1.46 bits per heavy atom. The third-order valence-electron chi connectivity index (χ3n) is 15.0. The molecule has 0 aromatic heterocycles. The summed E-state index contributed by atoms with van der Waals surface area (Å²) in [6, 6.07) is -0.632. The largest absolute Gasteiger partial charge is 0.393 e. The number of rotatable bonds is 13. The van der Waals surface area contributed by atoms with E-state index >= 15 is 0 Å². The highest BCUT2D eigenvalue weighted by Crippen LogP contribution is 2.46. The van der Waals surface area contributed by atoms with E-state index in [1.807, 2.05) is 11.1 Å². The predicted molar refractivity (Wildman–Crippen MR) is 208 cm³/mol. The lowest BCUT2D eigenvalue weighted by Crippen LogP contribution is -2.54. The van der Waals surface area contributed by atoms with Crippen LogP contribution < -0.4 is 10.6 Å². The predicted octanol–water partition coefficient (Wildman–Crippen LogP) is 6.05. The minimum Gasteiger partial charge on any atom is -0.393 e. The molecule has 302 valence electrons. The van der Waals surface area contributed by atoms with Crippen LogP contribution in [0.15, 0.2) is 11.1 Å². The number of nitrogens with zero attached hydrogens (tertiary/aromatic N) is 2. The summed E-state index contributed by atoms with van der Waals surface area (Å²) in [6.45, 7) is 7.46. The minimum absolute atomic E-state index is 0.0886. The number of carbonyl (C=O) groups is 4. The van der Waals surface area contributed by atoms with Crippen LogP contribution in [0.2, 0.25) is 0 Å². The molecule has 0 bridgehead atoms. The summed E-state index contributed by atoms with van der Waals surface area (Å²) in [4.78, 5) is 54.2. The van der Waals surface area contributed by atoms with Gasteiger partial charge in [0.25, 0.3) is 0 Å². The Labute approximate surface area is 324 Å². The van der Waals surface area contributed by atoms with Crippen molar-refractivity contribution in [3.63, 3.8) is 0 Å². The lowest BCUT2D eigenvalue weighted by Gasteiger charge is -2.39. The van der Waals surface area contributed by atoms with Gasteiger partial charge in [-0.25, -0.2) is 0 Å². The minimum atomic E-state index is -0.846. The van der Waals surface area contributed by atoms with Crippen LogP contribution in [0.4, 0.5) is 0 Å². The number of hydrogen-bond acceptors (Lipinski definition) is 8. The highest BCUT2D eigenvalue weighted by molar-refractivity contribution is 6.10. The first-order chi connectivity index (χ1) is 26.3. The van der Waals surface area contributed by atoms with Crippen molar-refractivity contribution < 1.29 is 29.0 Å². The summed E-state index contributed by atoms with van der Waals surface area (Å²) < 4.78 is 6.55. The zero-order valence-electron chi connectivity index (χ0n) is 33.2. The smallest absolute Gasteiger partial charge is 0.249 e. The summed E-state index contributed by atoms with van der Waals surface area (Å²) in [5.74, 6) is 0.913. The molecular formula is C44H70N4O6. The number of amides is 4. The van der Waals surface area contributed by atoms with Gasteiger partial charge in [0.2, 0.25) is 23.6 Å². The normalized spacial score (nSPS) is 35.6. The highest BCUT2D eigenvalue weighted by Gasteiger charge is 2.54. The van der Waals surface area contributed by atoms with Crippen LogP contribution in [0, 0.1) is 35.5 Å². The maximum absolute atomic E-state index is 13.3. The van der Waals surface area contributed by atoms with Gasteiger partial charge in [0, 0.05) is 19.0 Å². The van der Waals surface area contributed by atoms with Gasteiger partial charge >= 0.3 is 0 Å². The number of hydrogen-bond donors (Lipinski definition) is 3. The number of piperidine rings is 2. The molecule has 3 heterocycles. The Balaban J connectivity index is 0.787. The van der Waals surface area contributed by atoms with Crippen LogP contribution >= 0.6 is 0 Å². The number of fused-ring (bicyclic) bond motifs is 1. The number of aliphatic hydroxyl groups is 1. The SMILES string of the molecule is CC/C(=C(\C1CCC(O)CC1)C1CCC(OCCN2CCC(CCNC3CCC4C(=O)N(C5CCC(=O)NC5=O)C(=O)C4C3)CC2)CC1)C1CCCCC1. The van der Waals surface area contributed by atoms with Crippen molar-refractivity contribution in [3.05, 3.63) is 11.1 Å². The van der Waals surface area contributed by atoms with Crippen LogP contribution in [-0.4, -0.2) is 95.6 Å². The van der Waals surface area contributed by atoms with Gasteiger partial charge in [-0.2, -0.15) is 0 Å². The Morgan fingerprint density at radius 3 is 2.15 bits per heavy atom. The molecule has 7 rings (SSSR count). The quantitative estimate of drug-likeness (QED) is 0.154. The Bertz CT molecular complexity index is 1340. The van der Waals surface area contributed by atoms with E-state index in [1.165, 1.54) is 94.8 Å². The molecule has 0 aromatic carbocycles. The molecule has 0 aromatic rings. The molecule has 7 fully saturated rings. The maximum Gasteiger partial charge on any atom is 0.249 e. The second-order valence-electron chi connectivity index (χ2n) is 18.3. The summed E-state index contributed by atoms with van der Waals surface area (Å²) in [5.41, 5.74) is 3.67. The van der Waals surface area contributed by atoms with E-state index in [0.717, 1.165) is 70.3 Å². The highest BCUT2D eigenvalue weighted by atomic mass is 16.5. The van der Waals surface area contributed by atoms with E-state index in [9.17, 15) is 24.3 Å². The summed E-state index contributed by atoms with van der Waals surface area (Å²) in [5, 5.41) is 16.3. The molecule has 10 heteroatoms. The van der Waals surface area contributed by atoms with E-state index in [1.54, 1.807) is 0 Å². The summed E-state index contributed by atoms with van der Waals surface area (Å²) in [6.07, 6.45) is 23.8. The molecule has 3 saturated heterocycles. The van der Waals surface area contributed by atoms with Gasteiger partial charge in [-0.05, 0) is 159 Å². The van der Waals surface area contributed by atoms with E-state index in [0.29, 0.717) is 30.8 Å². The Morgan fingerprint density at radius 1 is 0.778 bits per heavy atom. The zero-order chi connectivity index (χ0) is 37.6. The van der Waals surface area contributed by atoms with Crippen LogP contribution in [0.5, 0.6) is 0 Å². The number of carbonyl (C=O) groups excluding carboxylic acids is 4. The van der Waals surface area contributed by atoms with Crippen molar-refractivity contribution in [2.24, 2.45) is 35.5 Å². The zero-order valence-corrected chi connectivity index (χ0v) is 33.2. The molecule has 4 saturated carbocycles. The van der Waals surface area contributed by atoms with Gasteiger partial charge < -0.3 is 20.1 Å². The fourth-order valence-corrected chi connectivity index (χ4v) is 11.9. The van der Waals surface area contributed by atoms with Gasteiger partial charge in [-0.1, -0.05) is 37.3 Å². The number of likely N-dealkylation sites (tertiary alicyclic amines) is 2. The molecule has 7 aliphatic rings. The van der Waals surface area contributed by atoms with Crippen molar-refractivity contribution in [2.45, 2.75) is 172 Å². The van der Waals surface area contributed by atoms with Gasteiger partial charge in [0.15, 0.2) is 0 Å². The van der Waals surface area contributed by atoms with Crippen molar-refractivity contribution >= 4 is 23.6 Å². The number of nitrogens with one attached hydrogen (secondary N) is 2. The van der Waals surface area contributed by atoms with E-state index in [2.05, 4.69) is 22.5 Å². The average molecular weight is 751 g/mol. The van der Waals surface area contributed by atoms with Crippen molar-refractivity contribution in [2.75, 3.05) is 32.8 Å². The first kappa shape index (κ1) is 40.1. The van der Waals surface area contributed by atoms with Crippen LogP contribution in [0.1, 0.15) is 148 Å². The molecule has 4 atom stereocenters. The second kappa shape index (κ2) is 18.9.